The molecule has 0 aromatic carbocycles. The summed E-state index contributed by atoms with van der Waals surface area (Å²) in [6.45, 7) is 2.29. The van der Waals surface area contributed by atoms with Gasteiger partial charge in [-0.2, -0.15) is 0 Å². The van der Waals surface area contributed by atoms with Crippen LogP contribution in [0.3, 0.4) is 0 Å². The largest absolute Gasteiger partial charge is 0.351 e. The minimum Gasteiger partial charge on any atom is -0.351 e. The van der Waals surface area contributed by atoms with E-state index >= 15 is 0 Å². The van der Waals surface area contributed by atoms with Crippen molar-refractivity contribution in [3.05, 3.63) is 18.2 Å². The van der Waals surface area contributed by atoms with Gasteiger partial charge >= 0.3 is 0 Å². The summed E-state index contributed by atoms with van der Waals surface area (Å²) >= 11 is 0. The van der Waals surface area contributed by atoms with Gasteiger partial charge in [-0.3, -0.25) is 0 Å². The number of unbranched alkanes of at least 4 members (excludes halogenated alkanes) is 15. The molecule has 0 bridgehead atoms. The van der Waals surface area contributed by atoms with Crippen molar-refractivity contribution in [1.82, 2.24) is 9.97 Å². The fraction of sp³-hybridized carbons (Fsp3) is 0.857. The van der Waals surface area contributed by atoms with Crippen LogP contribution in [0.15, 0.2) is 12.5 Å². The van der Waals surface area contributed by atoms with Crippen LogP contribution in [0.1, 0.15) is 115 Å². The number of aromatic nitrogens is 2. The first-order chi connectivity index (χ1) is 11.4. The van der Waals surface area contributed by atoms with Crippen LogP contribution >= 0.6 is 0 Å². The minimum atomic E-state index is 1.14. The van der Waals surface area contributed by atoms with Gasteiger partial charge in [-0.25, -0.2) is 4.98 Å². The standard InChI is InChI=1S/C21H40N2/c1-2-3-4-5-6-7-8-9-10-11-12-13-14-15-16-17-18-21-19-22-20-23-21/h19-20H,2-18H2,1H3,(H,22,23). The van der Waals surface area contributed by atoms with E-state index in [2.05, 4.69) is 16.9 Å². The molecule has 134 valence electrons. The highest BCUT2D eigenvalue weighted by atomic mass is 14.9. The minimum absolute atomic E-state index is 1.14. The molecule has 0 aliphatic rings. The zero-order valence-corrected chi connectivity index (χ0v) is 15.6. The third-order valence-electron chi connectivity index (χ3n) is 4.84. The second kappa shape index (κ2) is 16.1. The first-order valence-corrected chi connectivity index (χ1v) is 10.4. The van der Waals surface area contributed by atoms with Crippen molar-refractivity contribution in [2.75, 3.05) is 0 Å². The normalized spacial score (nSPS) is 11.2. The van der Waals surface area contributed by atoms with Crippen molar-refractivity contribution < 1.29 is 0 Å². The average molecular weight is 321 g/mol. The molecule has 0 saturated carbocycles. The molecule has 1 aromatic heterocycles. The van der Waals surface area contributed by atoms with Crippen LogP contribution in [0.5, 0.6) is 0 Å². The molecular weight excluding hydrogens is 280 g/mol. The number of H-pyrrole nitrogens is 1. The molecule has 23 heavy (non-hydrogen) atoms. The molecule has 0 radical (unpaired) electrons. The summed E-state index contributed by atoms with van der Waals surface area (Å²) in [7, 11) is 0. The van der Waals surface area contributed by atoms with Crippen LogP contribution in [-0.2, 0) is 6.42 Å². The van der Waals surface area contributed by atoms with Gasteiger partial charge in [-0.1, -0.05) is 103 Å². The molecule has 1 aromatic rings. The highest BCUT2D eigenvalue weighted by Gasteiger charge is 1.96. The first kappa shape index (κ1) is 20.3. The van der Waals surface area contributed by atoms with E-state index in [1.54, 1.807) is 6.33 Å². The van der Waals surface area contributed by atoms with Crippen molar-refractivity contribution in [1.29, 1.82) is 0 Å². The van der Waals surface area contributed by atoms with Crippen LogP contribution in [0.25, 0.3) is 0 Å². The van der Waals surface area contributed by atoms with E-state index < -0.39 is 0 Å². The molecular formula is C21H40N2. The second-order valence-corrected chi connectivity index (χ2v) is 7.11. The van der Waals surface area contributed by atoms with E-state index in [1.807, 2.05) is 6.20 Å². The van der Waals surface area contributed by atoms with Crippen LogP contribution in [0.2, 0.25) is 0 Å². The Balaban J connectivity index is 1.67. The molecule has 2 nitrogen and oxygen atoms in total. The Bertz CT molecular complexity index is 319. The predicted molar refractivity (Wildman–Crippen MR) is 102 cm³/mol. The Morgan fingerprint density at radius 2 is 1.09 bits per heavy atom. The Kier molecular flexibility index (Phi) is 14.2. The molecule has 1 rings (SSSR count). The van der Waals surface area contributed by atoms with Crippen LogP contribution in [-0.4, -0.2) is 9.97 Å². The maximum absolute atomic E-state index is 4.27. The summed E-state index contributed by atoms with van der Waals surface area (Å²) < 4.78 is 0. The van der Waals surface area contributed by atoms with E-state index in [0.717, 1.165) is 6.42 Å². The summed E-state index contributed by atoms with van der Waals surface area (Å²) in [5.74, 6) is 0. The number of nitrogens with zero attached hydrogens (tertiary/aromatic N) is 1. The van der Waals surface area contributed by atoms with Gasteiger partial charge in [0.1, 0.15) is 0 Å². The van der Waals surface area contributed by atoms with Gasteiger partial charge in [0.05, 0.1) is 12.0 Å². The Morgan fingerprint density at radius 3 is 1.48 bits per heavy atom. The van der Waals surface area contributed by atoms with E-state index in [4.69, 9.17) is 0 Å². The molecule has 0 aliphatic carbocycles. The number of hydrogen-bond donors (Lipinski definition) is 1. The summed E-state index contributed by atoms with van der Waals surface area (Å²) in [5, 5.41) is 0. The van der Waals surface area contributed by atoms with E-state index in [-0.39, 0.29) is 0 Å². The molecule has 0 saturated heterocycles. The van der Waals surface area contributed by atoms with Crippen molar-refractivity contribution >= 4 is 0 Å². The Labute approximate surface area is 144 Å². The van der Waals surface area contributed by atoms with Crippen molar-refractivity contribution in [2.24, 2.45) is 0 Å². The van der Waals surface area contributed by atoms with Crippen molar-refractivity contribution in [3.63, 3.8) is 0 Å². The zero-order chi connectivity index (χ0) is 16.4. The van der Waals surface area contributed by atoms with Gasteiger partial charge in [0, 0.05) is 6.20 Å². The molecule has 0 spiro atoms. The monoisotopic (exact) mass is 320 g/mol. The topological polar surface area (TPSA) is 28.7 Å². The van der Waals surface area contributed by atoms with E-state index in [1.165, 1.54) is 108 Å². The van der Waals surface area contributed by atoms with Crippen molar-refractivity contribution in [2.45, 2.75) is 116 Å². The SMILES string of the molecule is CCCCCCCCCCCCCCCCCCc1c[nH]cn1. The molecule has 1 heterocycles. The summed E-state index contributed by atoms with van der Waals surface area (Å²) in [5.41, 5.74) is 1.22. The van der Waals surface area contributed by atoms with E-state index in [9.17, 15) is 0 Å². The Morgan fingerprint density at radius 1 is 0.652 bits per heavy atom. The molecule has 0 amide bonds. The van der Waals surface area contributed by atoms with Gasteiger partial charge in [-0.05, 0) is 12.8 Å². The van der Waals surface area contributed by atoms with Crippen molar-refractivity contribution in [3.8, 4) is 0 Å². The lowest BCUT2D eigenvalue weighted by Crippen LogP contribution is -1.86. The second-order valence-electron chi connectivity index (χ2n) is 7.11. The quantitative estimate of drug-likeness (QED) is 0.302. The number of aromatic amines is 1. The summed E-state index contributed by atoms with van der Waals surface area (Å²) in [6.07, 6.45) is 27.9. The smallest absolute Gasteiger partial charge is 0.0923 e. The lowest BCUT2D eigenvalue weighted by atomic mass is 10.0. The average Bonchev–Trinajstić information content (AvgIpc) is 3.08. The molecule has 0 aliphatic heterocycles. The van der Waals surface area contributed by atoms with Gasteiger partial charge in [-0.15, -0.1) is 0 Å². The number of aryl methyl sites for hydroxylation is 1. The van der Waals surface area contributed by atoms with Crippen LogP contribution in [0.4, 0.5) is 0 Å². The van der Waals surface area contributed by atoms with Crippen LogP contribution in [0, 0.1) is 0 Å². The van der Waals surface area contributed by atoms with E-state index in [0.29, 0.717) is 0 Å². The number of imidazole rings is 1. The molecule has 0 fully saturated rings. The third-order valence-corrected chi connectivity index (χ3v) is 4.84. The molecule has 0 unspecified atom stereocenters. The number of hydrogen-bond acceptors (Lipinski definition) is 1. The van der Waals surface area contributed by atoms with Gasteiger partial charge in [0.2, 0.25) is 0 Å². The highest BCUT2D eigenvalue weighted by Crippen LogP contribution is 2.14. The lowest BCUT2D eigenvalue weighted by Gasteiger charge is -2.03. The van der Waals surface area contributed by atoms with Gasteiger partial charge in [0.25, 0.3) is 0 Å². The lowest BCUT2D eigenvalue weighted by molar-refractivity contribution is 0.529. The molecule has 0 atom stereocenters. The molecule has 2 heteroatoms. The molecule has 1 N–H and O–H groups in total. The predicted octanol–water partition coefficient (Wildman–Crippen LogP) is 7.21. The fourth-order valence-corrected chi connectivity index (χ4v) is 3.28. The first-order valence-electron chi connectivity index (χ1n) is 10.4. The summed E-state index contributed by atoms with van der Waals surface area (Å²) in [4.78, 5) is 7.29. The number of nitrogens with one attached hydrogen (secondary N) is 1. The third kappa shape index (κ3) is 13.4. The summed E-state index contributed by atoms with van der Waals surface area (Å²) in [6, 6.07) is 0. The highest BCUT2D eigenvalue weighted by molar-refractivity contribution is 4.93. The number of rotatable bonds is 17. The zero-order valence-electron chi connectivity index (χ0n) is 15.6. The maximum atomic E-state index is 4.27. The fourth-order valence-electron chi connectivity index (χ4n) is 3.28. The van der Waals surface area contributed by atoms with Gasteiger partial charge < -0.3 is 4.98 Å². The van der Waals surface area contributed by atoms with Crippen LogP contribution < -0.4 is 0 Å². The maximum Gasteiger partial charge on any atom is 0.0923 e. The Hall–Kier alpha value is -0.790. The van der Waals surface area contributed by atoms with Gasteiger partial charge in [0.15, 0.2) is 0 Å².